The summed E-state index contributed by atoms with van der Waals surface area (Å²) in [5, 5.41) is 2.44. The smallest absolute Gasteiger partial charge is 0.267 e. The molecule has 5 rings (SSSR count). The van der Waals surface area contributed by atoms with E-state index < -0.39 is 0 Å². The summed E-state index contributed by atoms with van der Waals surface area (Å²) < 4.78 is 13.3. The van der Waals surface area contributed by atoms with Crippen LogP contribution in [-0.2, 0) is 23.5 Å². The summed E-state index contributed by atoms with van der Waals surface area (Å²) in [5.41, 5.74) is 2.18. The number of thioether (sulfide) groups is 1. The quantitative estimate of drug-likeness (QED) is 0.187. The monoisotopic (exact) mass is 546 g/mol. The van der Waals surface area contributed by atoms with E-state index in [0.717, 1.165) is 32.3 Å². The summed E-state index contributed by atoms with van der Waals surface area (Å²) in [5.74, 6) is 1.23. The Labute approximate surface area is 222 Å². The van der Waals surface area contributed by atoms with Crippen LogP contribution in [0.5, 0.6) is 5.75 Å². The summed E-state index contributed by atoms with van der Waals surface area (Å²) in [7, 11) is 0. The number of benzene rings is 2. The predicted octanol–water partition coefficient (Wildman–Crippen LogP) is 7.30. The number of hydrogen-bond donors (Lipinski definition) is 0. The van der Waals surface area contributed by atoms with Gasteiger partial charge in [0.15, 0.2) is 5.16 Å². The minimum absolute atomic E-state index is 0.0814. The SMILES string of the molecule is CCOc1ccc(-n2c(SCc3c(Cl)cccc3Cl)nc3sc4c(c3c2=O)CC(C)(C)OC4)cc1. The van der Waals surface area contributed by atoms with E-state index in [4.69, 9.17) is 37.7 Å². The molecule has 182 valence electrons. The fourth-order valence-electron chi connectivity index (χ4n) is 4.16. The molecule has 0 saturated carbocycles. The highest BCUT2D eigenvalue weighted by molar-refractivity contribution is 7.98. The van der Waals surface area contributed by atoms with Gasteiger partial charge < -0.3 is 9.47 Å². The summed E-state index contributed by atoms with van der Waals surface area (Å²) >= 11 is 15.8. The van der Waals surface area contributed by atoms with E-state index in [9.17, 15) is 4.79 Å². The lowest BCUT2D eigenvalue weighted by Gasteiger charge is -2.29. The van der Waals surface area contributed by atoms with Gasteiger partial charge in [-0.25, -0.2) is 4.98 Å². The van der Waals surface area contributed by atoms with Crippen LogP contribution < -0.4 is 10.3 Å². The third-order valence-electron chi connectivity index (χ3n) is 5.89. The molecule has 35 heavy (non-hydrogen) atoms. The van der Waals surface area contributed by atoms with E-state index in [-0.39, 0.29) is 11.2 Å². The van der Waals surface area contributed by atoms with E-state index in [0.29, 0.717) is 46.0 Å². The molecule has 3 heterocycles. The lowest BCUT2D eigenvalue weighted by molar-refractivity contribution is -0.0379. The van der Waals surface area contributed by atoms with Crippen LogP contribution in [0.1, 0.15) is 36.8 Å². The van der Waals surface area contributed by atoms with Crippen LogP contribution in [0.4, 0.5) is 0 Å². The molecule has 2 aromatic heterocycles. The second-order valence-corrected chi connectivity index (χ2v) is 11.7. The molecular formula is C26H24Cl2N2O3S2. The van der Waals surface area contributed by atoms with Gasteiger partial charge in [-0.2, -0.15) is 0 Å². The highest BCUT2D eigenvalue weighted by Gasteiger charge is 2.31. The molecular weight excluding hydrogens is 523 g/mol. The van der Waals surface area contributed by atoms with Crippen LogP contribution in [0.15, 0.2) is 52.4 Å². The Bertz CT molecular complexity index is 1440. The number of aromatic nitrogens is 2. The van der Waals surface area contributed by atoms with E-state index in [1.807, 2.05) is 49.4 Å². The fraction of sp³-hybridized carbons (Fsp3) is 0.308. The first-order valence-corrected chi connectivity index (χ1v) is 13.8. The number of rotatable bonds is 6. The average Bonchev–Trinajstić information content (AvgIpc) is 3.16. The van der Waals surface area contributed by atoms with Gasteiger partial charge >= 0.3 is 0 Å². The Morgan fingerprint density at radius 1 is 1.17 bits per heavy atom. The highest BCUT2D eigenvalue weighted by atomic mass is 35.5. The van der Waals surface area contributed by atoms with Gasteiger partial charge in [-0.05, 0) is 68.3 Å². The molecule has 0 N–H and O–H groups in total. The molecule has 2 aromatic carbocycles. The predicted molar refractivity (Wildman–Crippen MR) is 145 cm³/mol. The number of halogens is 2. The Balaban J connectivity index is 1.66. The molecule has 4 aromatic rings. The largest absolute Gasteiger partial charge is 0.494 e. The molecule has 0 atom stereocenters. The Hall–Kier alpha value is -2.03. The zero-order valence-corrected chi connectivity index (χ0v) is 22.7. The van der Waals surface area contributed by atoms with Crippen LogP contribution in [-0.4, -0.2) is 21.8 Å². The van der Waals surface area contributed by atoms with Crippen molar-refractivity contribution in [2.45, 2.75) is 50.3 Å². The van der Waals surface area contributed by atoms with Crippen molar-refractivity contribution in [1.82, 2.24) is 9.55 Å². The van der Waals surface area contributed by atoms with Gasteiger partial charge in [0.05, 0.1) is 29.9 Å². The van der Waals surface area contributed by atoms with E-state index in [2.05, 4.69) is 13.8 Å². The van der Waals surface area contributed by atoms with Crippen LogP contribution in [0.25, 0.3) is 15.9 Å². The van der Waals surface area contributed by atoms with Crippen molar-refractivity contribution in [3.63, 3.8) is 0 Å². The molecule has 0 saturated heterocycles. The number of hydrogen-bond acceptors (Lipinski definition) is 6. The molecule has 0 aliphatic carbocycles. The third kappa shape index (κ3) is 4.85. The van der Waals surface area contributed by atoms with E-state index >= 15 is 0 Å². The summed E-state index contributed by atoms with van der Waals surface area (Å²) in [4.78, 5) is 20.8. The molecule has 0 radical (unpaired) electrons. The van der Waals surface area contributed by atoms with Crippen molar-refractivity contribution in [2.24, 2.45) is 0 Å². The molecule has 0 fully saturated rings. The minimum Gasteiger partial charge on any atom is -0.494 e. The van der Waals surface area contributed by atoms with Crippen molar-refractivity contribution < 1.29 is 9.47 Å². The highest BCUT2D eigenvalue weighted by Crippen LogP contribution is 2.39. The van der Waals surface area contributed by atoms with Crippen LogP contribution in [0, 0.1) is 0 Å². The van der Waals surface area contributed by atoms with Gasteiger partial charge in [-0.3, -0.25) is 9.36 Å². The summed E-state index contributed by atoms with van der Waals surface area (Å²) in [6.07, 6.45) is 0.671. The van der Waals surface area contributed by atoms with Crippen molar-refractivity contribution in [3.05, 3.63) is 78.9 Å². The summed E-state index contributed by atoms with van der Waals surface area (Å²) in [6.45, 7) is 7.11. The Morgan fingerprint density at radius 2 is 1.89 bits per heavy atom. The van der Waals surface area contributed by atoms with Crippen LogP contribution >= 0.6 is 46.3 Å². The van der Waals surface area contributed by atoms with Gasteiger partial charge in [-0.1, -0.05) is 41.0 Å². The lowest BCUT2D eigenvalue weighted by Crippen LogP contribution is -2.32. The van der Waals surface area contributed by atoms with Crippen molar-refractivity contribution in [1.29, 1.82) is 0 Å². The fourth-order valence-corrected chi connectivity index (χ4v) is 7.06. The maximum atomic E-state index is 14.0. The van der Waals surface area contributed by atoms with Gasteiger partial charge in [0, 0.05) is 27.1 Å². The molecule has 9 heteroatoms. The zero-order valence-electron chi connectivity index (χ0n) is 19.6. The van der Waals surface area contributed by atoms with Crippen LogP contribution in [0.2, 0.25) is 10.0 Å². The Kier molecular flexibility index (Phi) is 6.90. The topological polar surface area (TPSA) is 53.4 Å². The van der Waals surface area contributed by atoms with Gasteiger partial charge in [0.25, 0.3) is 5.56 Å². The summed E-state index contributed by atoms with van der Waals surface area (Å²) in [6, 6.07) is 13.0. The number of nitrogens with zero attached hydrogens (tertiary/aromatic N) is 2. The standard InChI is InChI=1S/C26H24Cl2N2O3S2/c1-4-32-16-10-8-15(9-11-16)30-24(31)22-17-12-26(2,3)33-13-21(17)35-23(22)29-25(30)34-14-18-19(27)6-5-7-20(18)28/h5-11H,4,12-14H2,1-3H3. The second kappa shape index (κ2) is 9.79. The van der Waals surface area contributed by atoms with Gasteiger partial charge in [0.1, 0.15) is 10.6 Å². The second-order valence-electron chi connectivity index (χ2n) is 8.86. The van der Waals surface area contributed by atoms with Gasteiger partial charge in [0.2, 0.25) is 0 Å². The molecule has 0 bridgehead atoms. The molecule has 0 spiro atoms. The zero-order chi connectivity index (χ0) is 24.7. The Morgan fingerprint density at radius 3 is 2.57 bits per heavy atom. The van der Waals surface area contributed by atoms with E-state index in [1.54, 1.807) is 4.57 Å². The minimum atomic E-state index is -0.328. The molecule has 0 amide bonds. The number of fused-ring (bicyclic) bond motifs is 3. The normalized spacial score (nSPS) is 14.8. The average molecular weight is 548 g/mol. The first-order chi connectivity index (χ1) is 16.8. The van der Waals surface area contributed by atoms with Crippen molar-refractivity contribution in [3.8, 4) is 11.4 Å². The molecule has 5 nitrogen and oxygen atoms in total. The van der Waals surface area contributed by atoms with Crippen LogP contribution in [0.3, 0.4) is 0 Å². The first-order valence-electron chi connectivity index (χ1n) is 11.3. The van der Waals surface area contributed by atoms with E-state index in [1.165, 1.54) is 23.1 Å². The lowest BCUT2D eigenvalue weighted by atomic mass is 9.94. The third-order valence-corrected chi connectivity index (χ3v) is 8.66. The van der Waals surface area contributed by atoms with Gasteiger partial charge in [-0.15, -0.1) is 11.3 Å². The maximum absolute atomic E-state index is 14.0. The molecule has 0 unspecified atom stereocenters. The maximum Gasteiger partial charge on any atom is 0.267 e. The van der Waals surface area contributed by atoms with Crippen molar-refractivity contribution >= 4 is 56.5 Å². The molecule has 1 aliphatic heterocycles. The number of thiophene rings is 1. The van der Waals surface area contributed by atoms with Crippen molar-refractivity contribution in [2.75, 3.05) is 6.61 Å². The number of ether oxygens (including phenoxy) is 2. The molecule has 1 aliphatic rings. The first kappa shape index (κ1) is 24.7.